The van der Waals surface area contributed by atoms with E-state index in [0.717, 1.165) is 21.7 Å². The number of aliphatic hydroxyl groups excluding tert-OH is 1. The molecule has 4 heterocycles. The number of hydrogen-bond donors (Lipinski definition) is 4. The van der Waals surface area contributed by atoms with E-state index in [9.17, 15) is 24.6 Å². The Bertz CT molecular complexity index is 2340. The molecule has 3 aromatic carbocycles. The highest BCUT2D eigenvalue weighted by molar-refractivity contribution is 7.13. The zero-order valence-electron chi connectivity index (χ0n) is 34.4. The van der Waals surface area contributed by atoms with Crippen molar-refractivity contribution in [3.8, 4) is 38.6 Å². The summed E-state index contributed by atoms with van der Waals surface area (Å²) in [5.74, 6) is -1.45. The molecule has 0 aliphatic carbocycles. The van der Waals surface area contributed by atoms with Gasteiger partial charge in [-0.2, -0.15) is 10.2 Å². The van der Waals surface area contributed by atoms with Crippen LogP contribution in [0.25, 0.3) is 32.8 Å². The number of thiazole rings is 1. The second-order valence-electron chi connectivity index (χ2n) is 16.7. The second-order valence-corrected chi connectivity index (χ2v) is 17.5. The van der Waals surface area contributed by atoms with Crippen LogP contribution in [0.1, 0.15) is 51.4 Å². The van der Waals surface area contributed by atoms with E-state index in [4.69, 9.17) is 0 Å². The average Bonchev–Trinajstić information content (AvgIpc) is 3.85. The number of halogens is 1. The van der Waals surface area contributed by atoms with E-state index >= 15 is 4.39 Å². The highest BCUT2D eigenvalue weighted by Crippen LogP contribution is 2.33. The van der Waals surface area contributed by atoms with Crippen molar-refractivity contribution in [1.82, 2.24) is 35.6 Å². The number of phenols is 1. The van der Waals surface area contributed by atoms with Gasteiger partial charge in [0.1, 0.15) is 23.7 Å². The number of benzene rings is 3. The first kappa shape index (κ1) is 42.4. The number of carbonyl (C=O) groups excluding carboxylic acids is 3. The summed E-state index contributed by atoms with van der Waals surface area (Å²) in [6.45, 7) is 11.4. The summed E-state index contributed by atoms with van der Waals surface area (Å²) in [5.41, 5.74) is 6.75. The molecule has 0 radical (unpaired) electrons. The Morgan fingerprint density at radius 3 is 2.33 bits per heavy atom. The van der Waals surface area contributed by atoms with Crippen molar-refractivity contribution in [2.45, 2.75) is 65.3 Å². The Balaban J connectivity index is 0.937. The van der Waals surface area contributed by atoms with Gasteiger partial charge in [-0.25, -0.2) is 9.37 Å². The molecule has 3 amide bonds. The minimum atomic E-state index is -0.954. The predicted octanol–water partition coefficient (Wildman–Crippen LogP) is 5.58. The van der Waals surface area contributed by atoms with E-state index in [1.807, 2.05) is 80.3 Å². The Hall–Kier alpha value is -5.77. The summed E-state index contributed by atoms with van der Waals surface area (Å²) < 4.78 is 15.6. The van der Waals surface area contributed by atoms with Crippen LogP contribution in [0.15, 0.2) is 84.5 Å². The van der Waals surface area contributed by atoms with E-state index in [2.05, 4.69) is 25.8 Å². The molecule has 4 N–H and O–H groups in total. The minimum Gasteiger partial charge on any atom is -0.507 e. The van der Waals surface area contributed by atoms with Crippen LogP contribution in [-0.4, -0.2) is 110 Å². The second kappa shape index (κ2) is 17.8. The predicted molar refractivity (Wildman–Crippen MR) is 230 cm³/mol. The fraction of sp³-hybridized carbons (Fsp3) is 0.378. The number of carbonyl (C=O) groups is 3. The van der Waals surface area contributed by atoms with Gasteiger partial charge in [0.25, 0.3) is 0 Å². The molecule has 13 nitrogen and oxygen atoms in total. The summed E-state index contributed by atoms with van der Waals surface area (Å²) in [7, 11) is 0. The van der Waals surface area contributed by atoms with Gasteiger partial charge in [-0.05, 0) is 66.3 Å². The fourth-order valence-electron chi connectivity index (χ4n) is 7.86. The molecular weight excluding hydrogens is 784 g/mol. The number of aliphatic hydroxyl groups is 1. The minimum absolute atomic E-state index is 0.0190. The highest BCUT2D eigenvalue weighted by Gasteiger charge is 2.45. The van der Waals surface area contributed by atoms with Crippen LogP contribution < -0.4 is 15.5 Å². The lowest BCUT2D eigenvalue weighted by Gasteiger charge is -2.38. The number of aromatic nitrogens is 3. The van der Waals surface area contributed by atoms with Crippen molar-refractivity contribution in [2.75, 3.05) is 44.2 Å². The van der Waals surface area contributed by atoms with Crippen LogP contribution in [-0.2, 0) is 14.4 Å². The van der Waals surface area contributed by atoms with Crippen molar-refractivity contribution in [1.29, 1.82) is 0 Å². The molecule has 5 aromatic rings. The molecule has 2 aromatic heterocycles. The van der Waals surface area contributed by atoms with E-state index in [0.29, 0.717) is 54.3 Å². The Morgan fingerprint density at radius 1 is 0.950 bits per heavy atom. The first-order chi connectivity index (χ1) is 28.7. The topological polar surface area (TPSA) is 164 Å². The summed E-state index contributed by atoms with van der Waals surface area (Å²) in [6, 6.07) is 19.3. The normalized spacial score (nSPS) is 18.2. The third-order valence-corrected chi connectivity index (χ3v) is 12.2. The van der Waals surface area contributed by atoms with Crippen LogP contribution >= 0.6 is 11.3 Å². The van der Waals surface area contributed by atoms with Crippen molar-refractivity contribution in [2.24, 2.45) is 5.41 Å². The molecule has 2 aliphatic heterocycles. The fourth-order valence-corrected chi connectivity index (χ4v) is 8.67. The summed E-state index contributed by atoms with van der Waals surface area (Å²) >= 11 is 1.57. The molecule has 314 valence electrons. The largest absolute Gasteiger partial charge is 0.507 e. The van der Waals surface area contributed by atoms with Crippen molar-refractivity contribution in [3.63, 3.8) is 0 Å². The number of aryl methyl sites for hydroxylation is 1. The Kier molecular flexibility index (Phi) is 12.6. The van der Waals surface area contributed by atoms with Gasteiger partial charge in [0.05, 0.1) is 52.4 Å². The number of piperazine rings is 1. The zero-order chi connectivity index (χ0) is 42.7. The van der Waals surface area contributed by atoms with Gasteiger partial charge in [0.15, 0.2) is 0 Å². The number of nitrogens with zero attached hydrogens (tertiary/aromatic N) is 6. The van der Waals surface area contributed by atoms with E-state index < -0.39 is 35.3 Å². The molecule has 2 aliphatic rings. The highest BCUT2D eigenvalue weighted by atomic mass is 32.1. The third kappa shape index (κ3) is 9.48. The van der Waals surface area contributed by atoms with E-state index in [1.165, 1.54) is 11.0 Å². The summed E-state index contributed by atoms with van der Waals surface area (Å²) in [4.78, 5) is 52.2. The average molecular weight is 835 g/mol. The van der Waals surface area contributed by atoms with Gasteiger partial charge < -0.3 is 30.6 Å². The first-order valence-electron chi connectivity index (χ1n) is 20.1. The smallest absolute Gasteiger partial charge is 0.246 e. The Labute approximate surface area is 353 Å². The monoisotopic (exact) mass is 834 g/mol. The van der Waals surface area contributed by atoms with Crippen LogP contribution in [0.3, 0.4) is 0 Å². The van der Waals surface area contributed by atoms with Gasteiger partial charge in [-0.15, -0.1) is 11.3 Å². The van der Waals surface area contributed by atoms with Gasteiger partial charge in [-0.3, -0.25) is 19.3 Å². The maximum absolute atomic E-state index is 15.6. The van der Waals surface area contributed by atoms with Crippen LogP contribution in [0.2, 0.25) is 0 Å². The molecule has 0 spiro atoms. The molecule has 60 heavy (non-hydrogen) atoms. The summed E-state index contributed by atoms with van der Waals surface area (Å²) in [6.07, 6.45) is 0.761. The molecule has 2 saturated heterocycles. The lowest BCUT2D eigenvalue weighted by molar-refractivity contribution is -0.144. The number of amides is 3. The molecule has 2 unspecified atom stereocenters. The van der Waals surface area contributed by atoms with Gasteiger partial charge in [-0.1, -0.05) is 63.2 Å². The number of nitrogens with one attached hydrogen (secondary N) is 2. The Morgan fingerprint density at radius 2 is 1.67 bits per heavy atom. The lowest BCUT2D eigenvalue weighted by atomic mass is 9.85. The number of phenolic OH excluding ortho intramolecular Hbond substituents is 1. The summed E-state index contributed by atoms with van der Waals surface area (Å²) in [5, 5.41) is 35.1. The quantitative estimate of drug-likeness (QED) is 0.132. The van der Waals surface area contributed by atoms with Crippen molar-refractivity contribution in [3.05, 3.63) is 102 Å². The number of para-hydroxylation sites is 1. The van der Waals surface area contributed by atoms with Crippen LogP contribution in [0, 0.1) is 18.2 Å². The first-order valence-corrected chi connectivity index (χ1v) is 21.0. The maximum Gasteiger partial charge on any atom is 0.246 e. The maximum atomic E-state index is 15.6. The van der Waals surface area contributed by atoms with Crippen molar-refractivity contribution >= 4 is 34.7 Å². The number of rotatable bonds is 11. The molecule has 0 bridgehead atoms. The third-order valence-electron chi connectivity index (χ3n) is 11.3. The van der Waals surface area contributed by atoms with Gasteiger partial charge >= 0.3 is 0 Å². The molecule has 4 atom stereocenters. The molecule has 7 rings (SSSR count). The molecule has 15 heteroatoms. The van der Waals surface area contributed by atoms with Crippen LogP contribution in [0.4, 0.5) is 10.1 Å². The van der Waals surface area contributed by atoms with Crippen LogP contribution in [0.5, 0.6) is 5.75 Å². The standard InChI is InChI=1S/C45H51FN8O5S/c1-27(29-10-12-30(13-11-29)41-28(2)47-26-60-41)49-43(58)38-22-33(55)24-54(38)44(59)42(45(3,4)5)50-40(57)25-52-16-18-53(19-17-52)37-15-14-31(20-35(37)46)32-21-36(51-48-23-32)34-8-6-7-9-39(34)56/h6-15,20-21,23,26-27,33,38,42,55-56H,16-19,22,24-25H2,1-5H3,(H,49,58)(H,50,57)/t27?,33-,38+,42?/m1/s1. The van der Waals surface area contributed by atoms with Crippen molar-refractivity contribution < 1.29 is 29.0 Å². The molecule has 0 saturated carbocycles. The zero-order valence-corrected chi connectivity index (χ0v) is 35.2. The molecular formula is C45H51FN8O5S. The van der Waals surface area contributed by atoms with Gasteiger partial charge in [0.2, 0.25) is 17.7 Å². The SMILES string of the molecule is Cc1ncsc1-c1ccc(C(C)NC(=O)[C@@H]2C[C@@H](O)CN2C(=O)C(NC(=O)CN2CCN(c3ccc(-c4cnnc(-c5ccccc5O)c4)cc3F)CC2)C(C)(C)C)cc1. The van der Waals surface area contributed by atoms with E-state index in [-0.39, 0.29) is 43.1 Å². The number of anilines is 1. The van der Waals surface area contributed by atoms with E-state index in [1.54, 1.807) is 53.9 Å². The lowest BCUT2D eigenvalue weighted by Crippen LogP contribution is -2.59. The van der Waals surface area contributed by atoms with Gasteiger partial charge in [0, 0.05) is 50.3 Å². The molecule has 2 fully saturated rings. The number of β-amino-alcohol motifs (C(OH)–C–C–N with tert-alkyl or cyclic N) is 1. The number of likely N-dealkylation sites (tertiary alicyclic amines) is 1. The number of aromatic hydroxyl groups is 1. The number of hydrogen-bond acceptors (Lipinski definition) is 11.